The van der Waals surface area contributed by atoms with Crippen molar-refractivity contribution in [1.29, 1.82) is 0 Å². The Kier molecular flexibility index (Phi) is 3.88. The first-order valence-electron chi connectivity index (χ1n) is 4.68. The summed E-state index contributed by atoms with van der Waals surface area (Å²) in [6.07, 6.45) is 1.81. The van der Waals surface area contributed by atoms with Gasteiger partial charge in [0.1, 0.15) is 0 Å². The largest absolute Gasteiger partial charge is 0.383 e. The van der Waals surface area contributed by atoms with Crippen molar-refractivity contribution in [3.63, 3.8) is 0 Å². The van der Waals surface area contributed by atoms with Gasteiger partial charge in [0.15, 0.2) is 0 Å². The first kappa shape index (κ1) is 11.9. The Morgan fingerprint density at radius 3 is 2.64 bits per heavy atom. The lowest BCUT2D eigenvalue weighted by Crippen LogP contribution is -2.44. The third-order valence-corrected chi connectivity index (χ3v) is 4.44. The predicted molar refractivity (Wildman–Crippen MR) is 54.2 cm³/mol. The van der Waals surface area contributed by atoms with Crippen LogP contribution in [0.3, 0.4) is 0 Å². The number of methoxy groups -OCH3 is 1. The van der Waals surface area contributed by atoms with E-state index in [0.717, 1.165) is 12.8 Å². The minimum Gasteiger partial charge on any atom is -0.383 e. The summed E-state index contributed by atoms with van der Waals surface area (Å²) in [6.45, 7) is 1.08. The smallest absolute Gasteiger partial charge is 0.281 e. The summed E-state index contributed by atoms with van der Waals surface area (Å²) in [5, 5.41) is 0. The Labute approximate surface area is 85.8 Å². The Bertz CT molecular complexity index is 276. The van der Waals surface area contributed by atoms with Gasteiger partial charge in [-0.25, -0.2) is 0 Å². The average molecular weight is 222 g/mol. The normalized spacial score (nSPS) is 24.7. The summed E-state index contributed by atoms with van der Waals surface area (Å²) < 4.78 is 31.4. The predicted octanol–water partition coefficient (Wildman–Crippen LogP) is -0.0964. The first-order chi connectivity index (χ1) is 6.50. The molecule has 14 heavy (non-hydrogen) atoms. The third-order valence-electron chi connectivity index (χ3n) is 2.44. The van der Waals surface area contributed by atoms with Gasteiger partial charge in [0.2, 0.25) is 0 Å². The van der Waals surface area contributed by atoms with Crippen molar-refractivity contribution < 1.29 is 13.2 Å². The van der Waals surface area contributed by atoms with Crippen LogP contribution in [0.25, 0.3) is 0 Å². The molecule has 0 aromatic rings. The molecule has 0 N–H and O–H groups in total. The summed E-state index contributed by atoms with van der Waals surface area (Å²) in [4.78, 5) is 0. The second-order valence-corrected chi connectivity index (χ2v) is 5.75. The lowest BCUT2D eigenvalue weighted by Gasteiger charge is -2.26. The molecule has 1 unspecified atom stereocenters. The fourth-order valence-corrected chi connectivity index (χ4v) is 3.00. The van der Waals surface area contributed by atoms with E-state index in [1.165, 1.54) is 8.61 Å². The van der Waals surface area contributed by atoms with Crippen LogP contribution >= 0.6 is 0 Å². The Hall–Kier alpha value is -0.170. The second-order valence-electron chi connectivity index (χ2n) is 3.65. The van der Waals surface area contributed by atoms with Crippen LogP contribution in [-0.2, 0) is 14.9 Å². The maximum Gasteiger partial charge on any atom is 0.281 e. The van der Waals surface area contributed by atoms with Crippen LogP contribution < -0.4 is 0 Å². The molecule has 84 valence electrons. The van der Waals surface area contributed by atoms with Gasteiger partial charge < -0.3 is 4.74 Å². The molecule has 0 saturated carbocycles. The molecule has 1 aliphatic rings. The highest BCUT2D eigenvalue weighted by molar-refractivity contribution is 7.86. The van der Waals surface area contributed by atoms with Crippen molar-refractivity contribution in [2.75, 3.05) is 34.4 Å². The number of ether oxygens (including phenoxy) is 1. The molecule has 0 aliphatic carbocycles. The van der Waals surface area contributed by atoms with Gasteiger partial charge in [0.05, 0.1) is 6.61 Å². The van der Waals surface area contributed by atoms with Gasteiger partial charge in [0.25, 0.3) is 10.2 Å². The molecular weight excluding hydrogens is 204 g/mol. The molecule has 5 nitrogen and oxygen atoms in total. The Morgan fingerprint density at radius 2 is 2.14 bits per heavy atom. The molecule has 0 aromatic carbocycles. The number of hydrogen-bond donors (Lipinski definition) is 0. The van der Waals surface area contributed by atoms with Crippen molar-refractivity contribution in [3.05, 3.63) is 0 Å². The second kappa shape index (κ2) is 4.57. The van der Waals surface area contributed by atoms with Crippen molar-refractivity contribution in [2.45, 2.75) is 18.9 Å². The molecule has 0 amide bonds. The maximum atomic E-state index is 11.8. The van der Waals surface area contributed by atoms with Crippen LogP contribution in [0, 0.1) is 0 Å². The summed E-state index contributed by atoms with van der Waals surface area (Å²) in [5.74, 6) is 0. The van der Waals surface area contributed by atoms with Gasteiger partial charge in [0, 0.05) is 33.8 Å². The van der Waals surface area contributed by atoms with Crippen molar-refractivity contribution in [2.24, 2.45) is 0 Å². The van der Waals surface area contributed by atoms with Crippen LogP contribution in [-0.4, -0.2) is 57.4 Å². The first-order valence-corrected chi connectivity index (χ1v) is 6.08. The van der Waals surface area contributed by atoms with E-state index in [0.29, 0.717) is 13.2 Å². The van der Waals surface area contributed by atoms with Gasteiger partial charge in [-0.3, -0.25) is 0 Å². The Balaban J connectivity index is 2.76. The third kappa shape index (κ3) is 2.25. The molecule has 0 bridgehead atoms. The van der Waals surface area contributed by atoms with Crippen LogP contribution in [0.1, 0.15) is 12.8 Å². The number of nitrogens with zero attached hydrogens (tertiary/aromatic N) is 2. The zero-order valence-electron chi connectivity index (χ0n) is 8.93. The molecule has 1 saturated heterocycles. The standard InChI is InChI=1S/C8H18N2O3S/c1-9(2)14(11,12)10-6-4-5-8(10)7-13-3/h8H,4-7H2,1-3H3. The van der Waals surface area contributed by atoms with Gasteiger partial charge in [-0.2, -0.15) is 17.0 Å². The summed E-state index contributed by atoms with van der Waals surface area (Å²) >= 11 is 0. The Morgan fingerprint density at radius 1 is 1.50 bits per heavy atom. The van der Waals surface area contributed by atoms with E-state index in [9.17, 15) is 8.42 Å². The van der Waals surface area contributed by atoms with Crippen molar-refractivity contribution >= 4 is 10.2 Å². The fourth-order valence-electron chi connectivity index (χ4n) is 1.68. The van der Waals surface area contributed by atoms with E-state index in [4.69, 9.17) is 4.74 Å². The SMILES string of the molecule is COCC1CCCN1S(=O)(=O)N(C)C. The molecule has 1 atom stereocenters. The number of rotatable bonds is 4. The van der Waals surface area contributed by atoms with Crippen molar-refractivity contribution in [3.8, 4) is 0 Å². The average Bonchev–Trinajstić information content (AvgIpc) is 2.53. The van der Waals surface area contributed by atoms with E-state index in [1.807, 2.05) is 0 Å². The van der Waals surface area contributed by atoms with Crippen LogP contribution in [0.5, 0.6) is 0 Å². The van der Waals surface area contributed by atoms with E-state index < -0.39 is 10.2 Å². The molecule has 0 radical (unpaired) electrons. The minimum absolute atomic E-state index is 0.00685. The van der Waals surface area contributed by atoms with E-state index in [-0.39, 0.29) is 6.04 Å². The highest BCUT2D eigenvalue weighted by atomic mass is 32.2. The van der Waals surface area contributed by atoms with E-state index in [2.05, 4.69) is 0 Å². The quantitative estimate of drug-likeness (QED) is 0.667. The monoisotopic (exact) mass is 222 g/mol. The topological polar surface area (TPSA) is 49.9 Å². The molecule has 1 heterocycles. The highest BCUT2D eigenvalue weighted by Gasteiger charge is 2.35. The highest BCUT2D eigenvalue weighted by Crippen LogP contribution is 2.22. The van der Waals surface area contributed by atoms with E-state index >= 15 is 0 Å². The molecule has 1 aliphatic heterocycles. The molecule has 6 heteroatoms. The maximum absolute atomic E-state index is 11.8. The summed E-state index contributed by atoms with van der Waals surface area (Å²) in [6, 6.07) is 0.00685. The van der Waals surface area contributed by atoms with Crippen LogP contribution in [0.15, 0.2) is 0 Å². The van der Waals surface area contributed by atoms with E-state index in [1.54, 1.807) is 21.2 Å². The molecule has 1 rings (SSSR count). The van der Waals surface area contributed by atoms with Gasteiger partial charge in [-0.1, -0.05) is 0 Å². The molecule has 0 aromatic heterocycles. The van der Waals surface area contributed by atoms with Crippen molar-refractivity contribution in [1.82, 2.24) is 8.61 Å². The summed E-state index contributed by atoms with van der Waals surface area (Å²) in [7, 11) is 1.44. The zero-order chi connectivity index (χ0) is 10.8. The number of hydrogen-bond acceptors (Lipinski definition) is 3. The van der Waals surface area contributed by atoms with Gasteiger partial charge in [-0.15, -0.1) is 0 Å². The van der Waals surface area contributed by atoms with Gasteiger partial charge >= 0.3 is 0 Å². The van der Waals surface area contributed by atoms with Gasteiger partial charge in [-0.05, 0) is 12.8 Å². The lowest BCUT2D eigenvalue weighted by molar-refractivity contribution is 0.147. The van der Waals surface area contributed by atoms with Crippen LogP contribution in [0.4, 0.5) is 0 Å². The molecule has 0 spiro atoms. The molecular formula is C8H18N2O3S. The zero-order valence-corrected chi connectivity index (χ0v) is 9.75. The summed E-state index contributed by atoms with van der Waals surface area (Å²) in [5.41, 5.74) is 0. The van der Waals surface area contributed by atoms with Crippen LogP contribution in [0.2, 0.25) is 0 Å². The molecule has 1 fully saturated rings. The lowest BCUT2D eigenvalue weighted by atomic mass is 10.2. The fraction of sp³-hybridized carbons (Fsp3) is 1.00. The minimum atomic E-state index is -3.26.